The third-order valence-electron chi connectivity index (χ3n) is 3.69. The highest BCUT2D eigenvalue weighted by atomic mass is 19.1. The molecule has 2 nitrogen and oxygen atoms in total. The highest BCUT2D eigenvalue weighted by Gasteiger charge is 2.20. The zero-order valence-electron chi connectivity index (χ0n) is 11.0. The Hall–Kier alpha value is -0.930. The molecule has 1 aliphatic carbocycles. The van der Waals surface area contributed by atoms with Crippen LogP contribution in [-0.2, 0) is 6.42 Å². The Morgan fingerprint density at radius 2 is 2.06 bits per heavy atom. The van der Waals surface area contributed by atoms with Gasteiger partial charge in [-0.2, -0.15) is 0 Å². The van der Waals surface area contributed by atoms with Gasteiger partial charge in [-0.15, -0.1) is 0 Å². The predicted octanol–water partition coefficient (Wildman–Crippen LogP) is 2.62. The summed E-state index contributed by atoms with van der Waals surface area (Å²) in [5.74, 6) is -0.169. The van der Waals surface area contributed by atoms with Crippen molar-refractivity contribution in [3.8, 4) is 0 Å². The van der Waals surface area contributed by atoms with E-state index in [0.717, 1.165) is 19.3 Å². The van der Waals surface area contributed by atoms with E-state index in [-0.39, 0.29) is 5.82 Å². The number of benzene rings is 1. The van der Waals surface area contributed by atoms with Gasteiger partial charge in [0.2, 0.25) is 0 Å². The van der Waals surface area contributed by atoms with Gasteiger partial charge in [0.05, 0.1) is 0 Å². The standard InChI is InChI=1S/C15H23FN2/c1-11(9-12-5-7-13(16)8-6-12)18-15-4-2-3-14(17)10-15/h5-8,11,14-15,18H,2-4,9-10,17H2,1H3. The normalized spacial score (nSPS) is 25.9. The van der Waals surface area contributed by atoms with Crippen LogP contribution >= 0.6 is 0 Å². The monoisotopic (exact) mass is 250 g/mol. The van der Waals surface area contributed by atoms with Crippen LogP contribution in [0.25, 0.3) is 0 Å². The number of nitrogens with two attached hydrogens (primary N) is 1. The summed E-state index contributed by atoms with van der Waals surface area (Å²) in [7, 11) is 0. The van der Waals surface area contributed by atoms with Gasteiger partial charge in [0.25, 0.3) is 0 Å². The molecule has 3 heteroatoms. The van der Waals surface area contributed by atoms with Crippen LogP contribution < -0.4 is 11.1 Å². The molecule has 100 valence electrons. The number of hydrogen-bond donors (Lipinski definition) is 2. The van der Waals surface area contributed by atoms with Crippen molar-refractivity contribution in [2.45, 2.75) is 57.2 Å². The summed E-state index contributed by atoms with van der Waals surface area (Å²) in [6, 6.07) is 8.08. The van der Waals surface area contributed by atoms with Crippen LogP contribution in [0.15, 0.2) is 24.3 Å². The topological polar surface area (TPSA) is 38.0 Å². The van der Waals surface area contributed by atoms with E-state index in [0.29, 0.717) is 18.1 Å². The van der Waals surface area contributed by atoms with E-state index in [1.54, 1.807) is 0 Å². The minimum Gasteiger partial charge on any atom is -0.328 e. The number of hydrogen-bond acceptors (Lipinski definition) is 2. The van der Waals surface area contributed by atoms with E-state index in [1.165, 1.54) is 30.5 Å². The fraction of sp³-hybridized carbons (Fsp3) is 0.600. The second-order valence-corrected chi connectivity index (χ2v) is 5.52. The Balaban J connectivity index is 1.81. The van der Waals surface area contributed by atoms with Crippen LogP contribution in [0, 0.1) is 5.82 Å². The van der Waals surface area contributed by atoms with Gasteiger partial charge >= 0.3 is 0 Å². The maximum Gasteiger partial charge on any atom is 0.123 e. The van der Waals surface area contributed by atoms with Crippen LogP contribution in [-0.4, -0.2) is 18.1 Å². The molecule has 0 radical (unpaired) electrons. The van der Waals surface area contributed by atoms with Gasteiger partial charge < -0.3 is 11.1 Å². The number of nitrogens with one attached hydrogen (secondary N) is 1. The van der Waals surface area contributed by atoms with Gasteiger partial charge in [0.15, 0.2) is 0 Å². The highest BCUT2D eigenvalue weighted by molar-refractivity contribution is 5.17. The summed E-state index contributed by atoms with van der Waals surface area (Å²) in [4.78, 5) is 0. The van der Waals surface area contributed by atoms with E-state index in [9.17, 15) is 4.39 Å². The average Bonchev–Trinajstić information content (AvgIpc) is 2.32. The quantitative estimate of drug-likeness (QED) is 0.862. The molecule has 0 saturated heterocycles. The van der Waals surface area contributed by atoms with Crippen molar-refractivity contribution in [3.05, 3.63) is 35.6 Å². The van der Waals surface area contributed by atoms with E-state index in [1.807, 2.05) is 12.1 Å². The molecule has 1 aromatic carbocycles. The van der Waals surface area contributed by atoms with Crippen molar-refractivity contribution in [1.82, 2.24) is 5.32 Å². The number of rotatable bonds is 4. The largest absolute Gasteiger partial charge is 0.328 e. The molecule has 1 saturated carbocycles. The van der Waals surface area contributed by atoms with Crippen LogP contribution in [0.3, 0.4) is 0 Å². The summed E-state index contributed by atoms with van der Waals surface area (Å²) in [5, 5.41) is 3.64. The van der Waals surface area contributed by atoms with Crippen molar-refractivity contribution in [3.63, 3.8) is 0 Å². The van der Waals surface area contributed by atoms with E-state index in [2.05, 4.69) is 12.2 Å². The fourth-order valence-corrected chi connectivity index (χ4v) is 2.81. The van der Waals surface area contributed by atoms with Crippen molar-refractivity contribution in [2.24, 2.45) is 5.73 Å². The van der Waals surface area contributed by atoms with Crippen molar-refractivity contribution in [1.29, 1.82) is 0 Å². The van der Waals surface area contributed by atoms with Gasteiger partial charge in [0, 0.05) is 18.1 Å². The molecule has 3 unspecified atom stereocenters. The van der Waals surface area contributed by atoms with Gasteiger partial charge in [-0.25, -0.2) is 4.39 Å². The smallest absolute Gasteiger partial charge is 0.123 e. The van der Waals surface area contributed by atoms with Crippen molar-refractivity contribution in [2.75, 3.05) is 0 Å². The maximum atomic E-state index is 12.8. The molecular weight excluding hydrogens is 227 g/mol. The van der Waals surface area contributed by atoms with E-state index >= 15 is 0 Å². The second kappa shape index (κ2) is 6.30. The number of halogens is 1. The summed E-state index contributed by atoms with van der Waals surface area (Å²) < 4.78 is 12.8. The van der Waals surface area contributed by atoms with Crippen LogP contribution in [0.4, 0.5) is 4.39 Å². The average molecular weight is 250 g/mol. The molecule has 0 spiro atoms. The first kappa shape index (κ1) is 13.5. The molecule has 1 fully saturated rings. The molecule has 2 rings (SSSR count). The predicted molar refractivity (Wildman–Crippen MR) is 72.9 cm³/mol. The molecule has 1 aliphatic rings. The summed E-state index contributed by atoms with van der Waals surface area (Å²) in [6.07, 6.45) is 5.62. The fourth-order valence-electron chi connectivity index (χ4n) is 2.81. The van der Waals surface area contributed by atoms with Gasteiger partial charge in [-0.3, -0.25) is 0 Å². The third-order valence-corrected chi connectivity index (χ3v) is 3.69. The van der Waals surface area contributed by atoms with Crippen molar-refractivity contribution < 1.29 is 4.39 Å². The molecule has 0 amide bonds. The van der Waals surface area contributed by atoms with Crippen LogP contribution in [0.5, 0.6) is 0 Å². The lowest BCUT2D eigenvalue weighted by Crippen LogP contribution is -2.43. The second-order valence-electron chi connectivity index (χ2n) is 5.52. The zero-order chi connectivity index (χ0) is 13.0. The lowest BCUT2D eigenvalue weighted by molar-refractivity contribution is 0.316. The molecular formula is C15H23FN2. The Bertz CT molecular complexity index is 363. The summed E-state index contributed by atoms with van der Waals surface area (Å²) in [5.41, 5.74) is 7.17. The van der Waals surface area contributed by atoms with Crippen LogP contribution in [0.2, 0.25) is 0 Å². The van der Waals surface area contributed by atoms with Crippen molar-refractivity contribution >= 4 is 0 Å². The summed E-state index contributed by atoms with van der Waals surface area (Å²) >= 11 is 0. The van der Waals surface area contributed by atoms with Gasteiger partial charge in [-0.05, 0) is 50.3 Å². The molecule has 0 aromatic heterocycles. The first-order chi connectivity index (χ1) is 8.63. The van der Waals surface area contributed by atoms with E-state index in [4.69, 9.17) is 5.73 Å². The Kier molecular flexibility index (Phi) is 4.72. The van der Waals surface area contributed by atoms with Gasteiger partial charge in [-0.1, -0.05) is 18.6 Å². The molecule has 3 N–H and O–H groups in total. The lowest BCUT2D eigenvalue weighted by atomic mass is 9.91. The first-order valence-electron chi connectivity index (χ1n) is 6.89. The summed E-state index contributed by atoms with van der Waals surface area (Å²) in [6.45, 7) is 2.18. The molecule has 18 heavy (non-hydrogen) atoms. The minimum atomic E-state index is -0.169. The first-order valence-corrected chi connectivity index (χ1v) is 6.89. The maximum absolute atomic E-state index is 12.8. The zero-order valence-corrected chi connectivity index (χ0v) is 11.0. The Labute approximate surface area is 109 Å². The molecule has 0 heterocycles. The Morgan fingerprint density at radius 3 is 2.72 bits per heavy atom. The third kappa shape index (κ3) is 4.07. The minimum absolute atomic E-state index is 0.169. The molecule has 1 aromatic rings. The highest BCUT2D eigenvalue weighted by Crippen LogP contribution is 2.18. The molecule has 0 bridgehead atoms. The molecule has 0 aliphatic heterocycles. The SMILES string of the molecule is CC(Cc1ccc(F)cc1)NC1CCCC(N)C1. The van der Waals surface area contributed by atoms with Gasteiger partial charge in [0.1, 0.15) is 5.82 Å². The lowest BCUT2D eigenvalue weighted by Gasteiger charge is -2.30. The molecule has 3 atom stereocenters. The van der Waals surface area contributed by atoms with E-state index < -0.39 is 0 Å². The van der Waals surface area contributed by atoms with Crippen LogP contribution in [0.1, 0.15) is 38.2 Å². The Morgan fingerprint density at radius 1 is 1.33 bits per heavy atom.